The fraction of sp³-hybridized carbons (Fsp3) is 0.250. The van der Waals surface area contributed by atoms with Gasteiger partial charge in [-0.25, -0.2) is 4.39 Å². The number of alkyl halides is 6. The van der Waals surface area contributed by atoms with Crippen molar-refractivity contribution in [2.24, 2.45) is 0 Å². The van der Waals surface area contributed by atoms with E-state index in [0.717, 1.165) is 21.6 Å². The van der Waals surface area contributed by atoms with Gasteiger partial charge in [0.25, 0.3) is 5.91 Å². The molecule has 0 radical (unpaired) electrons. The van der Waals surface area contributed by atoms with Gasteiger partial charge in [-0.1, -0.05) is 36.4 Å². The quantitative estimate of drug-likeness (QED) is 0.524. The highest BCUT2D eigenvalue weighted by Crippen LogP contribution is 2.38. The van der Waals surface area contributed by atoms with E-state index >= 15 is 0 Å². The number of fused-ring (bicyclic) bond motifs is 1. The molecule has 1 atom stereocenters. The van der Waals surface area contributed by atoms with Crippen molar-refractivity contribution in [1.82, 2.24) is 19.7 Å². The van der Waals surface area contributed by atoms with Gasteiger partial charge in [0.1, 0.15) is 11.9 Å². The first-order valence-corrected chi connectivity index (χ1v) is 9.22. The summed E-state index contributed by atoms with van der Waals surface area (Å²) in [5.41, 5.74) is -2.11. The van der Waals surface area contributed by atoms with Crippen molar-refractivity contribution in [3.63, 3.8) is 0 Å². The molecule has 1 amide bonds. The number of hydrogen-bond acceptors (Lipinski definition) is 3. The van der Waals surface area contributed by atoms with Crippen LogP contribution in [0.3, 0.4) is 0 Å². The molecule has 3 aromatic rings. The Morgan fingerprint density at radius 2 is 1.56 bits per heavy atom. The Bertz CT molecular complexity index is 1150. The molecule has 1 aromatic heterocycles. The Labute approximate surface area is 176 Å². The van der Waals surface area contributed by atoms with Gasteiger partial charge in [0, 0.05) is 13.1 Å². The summed E-state index contributed by atoms with van der Waals surface area (Å²) in [6.07, 6.45) is -9.82. The van der Waals surface area contributed by atoms with Crippen molar-refractivity contribution in [3.05, 3.63) is 82.7 Å². The van der Waals surface area contributed by atoms with Gasteiger partial charge in [-0.2, -0.15) is 26.3 Å². The van der Waals surface area contributed by atoms with Gasteiger partial charge in [-0.05, 0) is 17.7 Å². The lowest BCUT2D eigenvalue weighted by molar-refractivity contribution is -0.148. The Morgan fingerprint density at radius 1 is 0.875 bits per heavy atom. The van der Waals surface area contributed by atoms with Crippen molar-refractivity contribution in [3.8, 4) is 0 Å². The van der Waals surface area contributed by atoms with Crippen molar-refractivity contribution in [2.75, 3.05) is 6.54 Å². The average molecular weight is 458 g/mol. The highest BCUT2D eigenvalue weighted by molar-refractivity contribution is 5.95. The third-order valence-electron chi connectivity index (χ3n) is 5.06. The molecule has 1 aliphatic heterocycles. The maximum Gasteiger partial charge on any atom is 0.451 e. The molecule has 0 spiro atoms. The van der Waals surface area contributed by atoms with Gasteiger partial charge >= 0.3 is 12.4 Å². The zero-order valence-corrected chi connectivity index (χ0v) is 16.0. The molecule has 32 heavy (non-hydrogen) atoms. The fourth-order valence-electron chi connectivity index (χ4n) is 3.68. The second-order valence-corrected chi connectivity index (χ2v) is 7.01. The summed E-state index contributed by atoms with van der Waals surface area (Å²) in [6.45, 7) is -0.699. The largest absolute Gasteiger partial charge is 0.451 e. The second-order valence-electron chi connectivity index (χ2n) is 7.01. The average Bonchev–Trinajstić information content (AvgIpc) is 3.17. The van der Waals surface area contributed by atoms with Crippen LogP contribution >= 0.6 is 0 Å². The number of nitrogens with zero attached hydrogens (tertiary/aromatic N) is 4. The maximum absolute atomic E-state index is 14.6. The zero-order valence-electron chi connectivity index (χ0n) is 16.0. The second kappa shape index (κ2) is 7.61. The summed E-state index contributed by atoms with van der Waals surface area (Å²) < 4.78 is 94.6. The normalized spacial score (nSPS) is 16.7. The van der Waals surface area contributed by atoms with E-state index in [0.29, 0.717) is 11.6 Å². The molecule has 2 heterocycles. The summed E-state index contributed by atoms with van der Waals surface area (Å²) in [7, 11) is 0. The molecule has 168 valence electrons. The lowest BCUT2D eigenvalue weighted by Crippen LogP contribution is -2.44. The SMILES string of the molecule is O=C(c1cccc(C(F)(F)F)c1F)N1CCn2c(nnc2C(F)(F)F)C1c1ccccc1. The van der Waals surface area contributed by atoms with Crippen LogP contribution in [0.1, 0.15) is 39.2 Å². The van der Waals surface area contributed by atoms with Crippen LogP contribution in [-0.2, 0) is 18.9 Å². The summed E-state index contributed by atoms with van der Waals surface area (Å²) in [5.74, 6) is -4.34. The standard InChI is InChI=1S/C20H13F7N4O/c21-14-12(7-4-8-13(14)19(22,23)24)17(32)30-9-10-31-16(28-29-18(31)20(25,26)27)15(30)11-5-2-1-3-6-11/h1-8,15H,9-10H2. The van der Waals surface area contributed by atoms with Gasteiger partial charge in [0.05, 0.1) is 11.1 Å². The van der Waals surface area contributed by atoms with Crippen molar-refractivity contribution < 1.29 is 35.5 Å². The number of amides is 1. The molecule has 1 unspecified atom stereocenters. The van der Waals surface area contributed by atoms with Gasteiger partial charge in [0.2, 0.25) is 5.82 Å². The van der Waals surface area contributed by atoms with Crippen molar-refractivity contribution in [1.29, 1.82) is 0 Å². The van der Waals surface area contributed by atoms with Gasteiger partial charge in [-0.3, -0.25) is 4.79 Å². The van der Waals surface area contributed by atoms with Crippen LogP contribution in [0.25, 0.3) is 0 Å². The number of carbonyl (C=O) groups is 1. The molecule has 0 saturated heterocycles. The van der Waals surface area contributed by atoms with E-state index < -0.39 is 47.1 Å². The predicted octanol–water partition coefficient (Wildman–Crippen LogP) is 4.70. The van der Waals surface area contributed by atoms with Crippen LogP contribution in [-0.4, -0.2) is 32.1 Å². The number of hydrogen-bond donors (Lipinski definition) is 0. The van der Waals surface area contributed by atoms with E-state index in [2.05, 4.69) is 10.2 Å². The molecule has 4 rings (SSSR count). The molecular weight excluding hydrogens is 445 g/mol. The molecule has 0 saturated carbocycles. The first-order valence-electron chi connectivity index (χ1n) is 9.22. The smallest absolute Gasteiger partial charge is 0.322 e. The van der Waals surface area contributed by atoms with Crippen LogP contribution in [0.2, 0.25) is 0 Å². The zero-order chi connectivity index (χ0) is 23.3. The van der Waals surface area contributed by atoms with Crippen LogP contribution in [0, 0.1) is 5.82 Å². The first-order chi connectivity index (χ1) is 15.0. The molecule has 0 N–H and O–H groups in total. The summed E-state index contributed by atoms with van der Waals surface area (Å²) in [5, 5.41) is 6.81. The summed E-state index contributed by atoms with van der Waals surface area (Å²) >= 11 is 0. The molecular formula is C20H13F7N4O. The van der Waals surface area contributed by atoms with Crippen molar-refractivity contribution >= 4 is 5.91 Å². The van der Waals surface area contributed by atoms with Crippen molar-refractivity contribution in [2.45, 2.75) is 24.9 Å². The number of halogens is 7. The molecule has 0 fully saturated rings. The topological polar surface area (TPSA) is 51.0 Å². The van der Waals surface area contributed by atoms with Gasteiger partial charge < -0.3 is 9.47 Å². The van der Waals surface area contributed by atoms with Crippen LogP contribution in [0.15, 0.2) is 48.5 Å². The molecule has 0 aliphatic carbocycles. The van der Waals surface area contributed by atoms with E-state index in [1.807, 2.05) is 0 Å². The predicted molar refractivity (Wildman–Crippen MR) is 95.7 cm³/mol. The monoisotopic (exact) mass is 458 g/mol. The fourth-order valence-corrected chi connectivity index (χ4v) is 3.68. The van der Waals surface area contributed by atoms with Crippen LogP contribution in [0.5, 0.6) is 0 Å². The van der Waals surface area contributed by atoms with Crippen LogP contribution in [0.4, 0.5) is 30.7 Å². The lowest BCUT2D eigenvalue weighted by Gasteiger charge is -2.36. The highest BCUT2D eigenvalue weighted by atomic mass is 19.4. The molecule has 5 nitrogen and oxygen atoms in total. The summed E-state index contributed by atoms with van der Waals surface area (Å²) in [6, 6.07) is 8.90. The number of aromatic nitrogens is 3. The van der Waals surface area contributed by atoms with E-state index in [1.54, 1.807) is 18.2 Å². The van der Waals surface area contributed by atoms with E-state index in [4.69, 9.17) is 0 Å². The van der Waals surface area contributed by atoms with Gasteiger partial charge in [0.15, 0.2) is 5.82 Å². The Hall–Kier alpha value is -3.44. The Balaban J connectivity index is 1.83. The Kier molecular flexibility index (Phi) is 5.18. The Morgan fingerprint density at radius 3 is 2.19 bits per heavy atom. The van der Waals surface area contributed by atoms with E-state index in [-0.39, 0.29) is 18.9 Å². The molecule has 0 bridgehead atoms. The maximum atomic E-state index is 14.6. The van der Waals surface area contributed by atoms with Gasteiger partial charge in [-0.15, -0.1) is 10.2 Å². The van der Waals surface area contributed by atoms with E-state index in [1.165, 1.54) is 12.1 Å². The summed E-state index contributed by atoms with van der Waals surface area (Å²) in [4.78, 5) is 14.1. The minimum atomic E-state index is -5.02. The number of rotatable bonds is 2. The molecule has 1 aliphatic rings. The minimum absolute atomic E-state index is 0.226. The third kappa shape index (κ3) is 3.69. The third-order valence-corrected chi connectivity index (χ3v) is 5.06. The highest BCUT2D eigenvalue weighted by Gasteiger charge is 2.44. The molecule has 12 heteroatoms. The minimum Gasteiger partial charge on any atom is -0.322 e. The number of carbonyl (C=O) groups excluding carboxylic acids is 1. The molecule has 2 aromatic carbocycles. The van der Waals surface area contributed by atoms with E-state index in [9.17, 15) is 35.5 Å². The first kappa shape index (κ1) is 21.8. The lowest BCUT2D eigenvalue weighted by atomic mass is 10.00. The van der Waals surface area contributed by atoms with Crippen LogP contribution < -0.4 is 0 Å². The number of benzene rings is 2.